The molecule has 1 heterocycles. The van der Waals surface area contributed by atoms with Crippen molar-refractivity contribution in [2.45, 2.75) is 6.42 Å². The minimum Gasteiger partial charge on any atom is -0.405 e. The molecular weight excluding hydrogens is 132 g/mol. The van der Waals surface area contributed by atoms with Crippen molar-refractivity contribution in [2.75, 3.05) is 0 Å². The standard InChI is InChI=1S/C6H8N2S/c7-3-1-2-6-8-4-5-9-6/h1,3-5H,2,7H2. The summed E-state index contributed by atoms with van der Waals surface area (Å²) in [6, 6.07) is 0. The lowest BCUT2D eigenvalue weighted by Crippen LogP contribution is -1.80. The molecular formula is C6H8N2S. The summed E-state index contributed by atoms with van der Waals surface area (Å²) in [6.07, 6.45) is 6.08. The normalized spacial score (nSPS) is 10.7. The third-order valence-electron chi connectivity index (χ3n) is 0.912. The molecule has 48 valence electrons. The van der Waals surface area contributed by atoms with Gasteiger partial charge in [-0.3, -0.25) is 0 Å². The quantitative estimate of drug-likeness (QED) is 0.669. The van der Waals surface area contributed by atoms with Gasteiger partial charge in [-0.05, 0) is 6.20 Å². The Labute approximate surface area is 58.0 Å². The zero-order valence-corrected chi connectivity index (χ0v) is 5.77. The number of nitrogens with two attached hydrogens (primary N) is 1. The van der Waals surface area contributed by atoms with Gasteiger partial charge in [0.25, 0.3) is 0 Å². The molecule has 0 aromatic carbocycles. The molecule has 1 aromatic rings. The second-order valence-electron chi connectivity index (χ2n) is 1.56. The van der Waals surface area contributed by atoms with Crippen molar-refractivity contribution in [3.05, 3.63) is 28.9 Å². The number of aromatic nitrogens is 1. The van der Waals surface area contributed by atoms with Crippen molar-refractivity contribution in [3.63, 3.8) is 0 Å². The van der Waals surface area contributed by atoms with Crippen molar-refractivity contribution < 1.29 is 0 Å². The molecule has 1 rings (SSSR count). The lowest BCUT2D eigenvalue weighted by Gasteiger charge is -1.81. The van der Waals surface area contributed by atoms with E-state index in [0.717, 1.165) is 11.4 Å². The van der Waals surface area contributed by atoms with Gasteiger partial charge in [0, 0.05) is 18.0 Å². The molecule has 0 spiro atoms. The number of hydrogen-bond acceptors (Lipinski definition) is 3. The molecule has 2 N–H and O–H groups in total. The van der Waals surface area contributed by atoms with Gasteiger partial charge in [0.1, 0.15) is 0 Å². The molecule has 3 heteroatoms. The van der Waals surface area contributed by atoms with Gasteiger partial charge in [-0.1, -0.05) is 6.08 Å². The Morgan fingerprint density at radius 1 is 1.78 bits per heavy atom. The van der Waals surface area contributed by atoms with Crippen molar-refractivity contribution in [2.24, 2.45) is 5.73 Å². The van der Waals surface area contributed by atoms with Gasteiger partial charge in [-0.25, -0.2) is 4.98 Å². The van der Waals surface area contributed by atoms with Crippen LogP contribution in [-0.2, 0) is 6.42 Å². The van der Waals surface area contributed by atoms with Crippen molar-refractivity contribution >= 4 is 11.3 Å². The summed E-state index contributed by atoms with van der Waals surface area (Å²) < 4.78 is 0. The summed E-state index contributed by atoms with van der Waals surface area (Å²) in [4.78, 5) is 4.07. The van der Waals surface area contributed by atoms with Crippen LogP contribution in [0, 0.1) is 0 Å². The van der Waals surface area contributed by atoms with E-state index in [1.807, 2.05) is 11.5 Å². The van der Waals surface area contributed by atoms with E-state index in [0.29, 0.717) is 0 Å². The Balaban J connectivity index is 2.48. The van der Waals surface area contributed by atoms with Crippen LogP contribution in [0.3, 0.4) is 0 Å². The van der Waals surface area contributed by atoms with Crippen LogP contribution in [0.4, 0.5) is 0 Å². The molecule has 0 radical (unpaired) electrons. The fourth-order valence-corrected chi connectivity index (χ4v) is 1.12. The molecule has 0 aliphatic carbocycles. The molecule has 9 heavy (non-hydrogen) atoms. The Kier molecular flexibility index (Phi) is 2.27. The minimum absolute atomic E-state index is 0.855. The third-order valence-corrected chi connectivity index (χ3v) is 1.71. The molecule has 0 saturated carbocycles. The van der Waals surface area contributed by atoms with Crippen LogP contribution in [0.5, 0.6) is 0 Å². The fourth-order valence-electron chi connectivity index (χ4n) is 0.523. The first-order valence-corrected chi connectivity index (χ1v) is 3.56. The summed E-state index contributed by atoms with van der Waals surface area (Å²) in [7, 11) is 0. The predicted octanol–water partition coefficient (Wildman–Crippen LogP) is 1.16. The molecule has 0 fully saturated rings. The topological polar surface area (TPSA) is 38.9 Å². The molecule has 0 amide bonds. The SMILES string of the molecule is NC=CCc1nccs1. The second-order valence-corrected chi connectivity index (χ2v) is 2.54. The zero-order valence-electron chi connectivity index (χ0n) is 4.95. The Hall–Kier alpha value is -0.830. The molecule has 0 unspecified atom stereocenters. The second kappa shape index (κ2) is 3.25. The molecule has 0 saturated heterocycles. The number of allylic oxidation sites excluding steroid dienone is 1. The van der Waals surface area contributed by atoms with E-state index >= 15 is 0 Å². The molecule has 0 aliphatic rings. The van der Waals surface area contributed by atoms with E-state index in [9.17, 15) is 0 Å². The van der Waals surface area contributed by atoms with E-state index in [2.05, 4.69) is 4.98 Å². The number of thiazole rings is 1. The minimum atomic E-state index is 0.855. The maximum Gasteiger partial charge on any atom is 0.0963 e. The summed E-state index contributed by atoms with van der Waals surface area (Å²) in [5.74, 6) is 0. The van der Waals surface area contributed by atoms with Crippen LogP contribution in [0.25, 0.3) is 0 Å². The molecule has 0 bridgehead atoms. The lowest BCUT2D eigenvalue weighted by atomic mass is 10.4. The summed E-state index contributed by atoms with van der Waals surface area (Å²) >= 11 is 1.64. The highest BCUT2D eigenvalue weighted by atomic mass is 32.1. The van der Waals surface area contributed by atoms with Crippen molar-refractivity contribution in [3.8, 4) is 0 Å². The van der Waals surface area contributed by atoms with Crippen LogP contribution in [0.15, 0.2) is 23.9 Å². The number of nitrogens with zero attached hydrogens (tertiary/aromatic N) is 1. The van der Waals surface area contributed by atoms with Gasteiger partial charge >= 0.3 is 0 Å². The first-order valence-electron chi connectivity index (χ1n) is 2.68. The van der Waals surface area contributed by atoms with Crippen molar-refractivity contribution in [1.29, 1.82) is 0 Å². The Bertz CT molecular complexity index is 179. The molecule has 1 aromatic heterocycles. The van der Waals surface area contributed by atoms with Gasteiger partial charge in [0.05, 0.1) is 5.01 Å². The van der Waals surface area contributed by atoms with E-state index in [-0.39, 0.29) is 0 Å². The van der Waals surface area contributed by atoms with E-state index in [1.165, 1.54) is 0 Å². The summed E-state index contributed by atoms with van der Waals surface area (Å²) in [6.45, 7) is 0. The van der Waals surface area contributed by atoms with Crippen molar-refractivity contribution in [1.82, 2.24) is 4.98 Å². The predicted molar refractivity (Wildman–Crippen MR) is 39.1 cm³/mol. The van der Waals surface area contributed by atoms with Gasteiger partial charge < -0.3 is 5.73 Å². The summed E-state index contributed by atoms with van der Waals surface area (Å²) in [5, 5.41) is 3.07. The van der Waals surface area contributed by atoms with Crippen LogP contribution in [0.2, 0.25) is 0 Å². The maximum absolute atomic E-state index is 5.14. The highest BCUT2D eigenvalue weighted by Crippen LogP contribution is 2.03. The zero-order chi connectivity index (χ0) is 6.53. The van der Waals surface area contributed by atoms with Gasteiger partial charge in [0.2, 0.25) is 0 Å². The Morgan fingerprint density at radius 2 is 2.67 bits per heavy atom. The molecule has 0 aliphatic heterocycles. The average Bonchev–Trinajstić information content (AvgIpc) is 2.34. The summed E-state index contributed by atoms with van der Waals surface area (Å²) in [5.41, 5.74) is 5.14. The monoisotopic (exact) mass is 140 g/mol. The highest BCUT2D eigenvalue weighted by molar-refractivity contribution is 7.09. The average molecular weight is 140 g/mol. The van der Waals surface area contributed by atoms with E-state index < -0.39 is 0 Å². The molecule has 2 nitrogen and oxygen atoms in total. The lowest BCUT2D eigenvalue weighted by molar-refractivity contribution is 1.18. The van der Waals surface area contributed by atoms with Gasteiger partial charge in [-0.2, -0.15) is 0 Å². The van der Waals surface area contributed by atoms with Crippen LogP contribution >= 0.6 is 11.3 Å². The fraction of sp³-hybridized carbons (Fsp3) is 0.167. The largest absolute Gasteiger partial charge is 0.405 e. The van der Waals surface area contributed by atoms with E-state index in [1.54, 1.807) is 23.7 Å². The number of rotatable bonds is 2. The first-order chi connectivity index (χ1) is 4.43. The van der Waals surface area contributed by atoms with E-state index in [4.69, 9.17) is 5.73 Å². The van der Waals surface area contributed by atoms with Crippen LogP contribution in [0.1, 0.15) is 5.01 Å². The maximum atomic E-state index is 5.14. The third kappa shape index (κ3) is 1.85. The number of hydrogen-bond donors (Lipinski definition) is 1. The Morgan fingerprint density at radius 3 is 3.22 bits per heavy atom. The molecule has 0 atom stereocenters. The van der Waals surface area contributed by atoms with Crippen LogP contribution in [-0.4, -0.2) is 4.98 Å². The highest BCUT2D eigenvalue weighted by Gasteiger charge is 1.87. The van der Waals surface area contributed by atoms with Gasteiger partial charge in [0.15, 0.2) is 0 Å². The smallest absolute Gasteiger partial charge is 0.0963 e. The van der Waals surface area contributed by atoms with Gasteiger partial charge in [-0.15, -0.1) is 11.3 Å². The van der Waals surface area contributed by atoms with Crippen LogP contribution < -0.4 is 5.73 Å². The first kappa shape index (κ1) is 6.29.